The van der Waals surface area contributed by atoms with Crippen molar-refractivity contribution in [3.8, 4) is 0 Å². The molecule has 1 fully saturated rings. The molecular formula is C14H14BrFN6O. The van der Waals surface area contributed by atoms with E-state index in [4.69, 9.17) is 4.74 Å². The maximum atomic E-state index is 13.9. The Morgan fingerprint density at radius 1 is 1.35 bits per heavy atom. The zero-order valence-electron chi connectivity index (χ0n) is 12.1. The summed E-state index contributed by atoms with van der Waals surface area (Å²) in [6.07, 6.45) is 4.33. The lowest BCUT2D eigenvalue weighted by molar-refractivity contribution is 0.122. The number of halogens is 2. The van der Waals surface area contributed by atoms with Crippen molar-refractivity contribution >= 4 is 33.9 Å². The zero-order valence-corrected chi connectivity index (χ0v) is 13.7. The van der Waals surface area contributed by atoms with Crippen LogP contribution in [0.5, 0.6) is 0 Å². The fourth-order valence-corrected chi connectivity index (χ4v) is 2.41. The third-order valence-electron chi connectivity index (χ3n) is 3.14. The third-order valence-corrected chi connectivity index (χ3v) is 3.63. The SMILES string of the molecule is Fc1cnc(N/N=C/c2cc(Br)ccn2)nc1N1CCOCC1. The lowest BCUT2D eigenvalue weighted by Crippen LogP contribution is -2.37. The molecule has 0 spiro atoms. The Bertz CT molecular complexity index is 707. The van der Waals surface area contributed by atoms with Crippen molar-refractivity contribution in [2.75, 3.05) is 36.6 Å². The Balaban J connectivity index is 1.70. The van der Waals surface area contributed by atoms with E-state index in [1.54, 1.807) is 6.20 Å². The maximum Gasteiger partial charge on any atom is 0.245 e. The van der Waals surface area contributed by atoms with E-state index in [1.165, 1.54) is 6.21 Å². The third kappa shape index (κ3) is 4.20. The van der Waals surface area contributed by atoms with Crippen LogP contribution in [0, 0.1) is 5.82 Å². The predicted molar refractivity (Wildman–Crippen MR) is 88.2 cm³/mol. The number of aromatic nitrogens is 3. The van der Waals surface area contributed by atoms with Gasteiger partial charge in [0.2, 0.25) is 5.95 Å². The van der Waals surface area contributed by atoms with Gasteiger partial charge in [-0.3, -0.25) is 4.98 Å². The van der Waals surface area contributed by atoms with E-state index >= 15 is 0 Å². The molecule has 0 unspecified atom stereocenters. The molecule has 7 nitrogen and oxygen atoms in total. The second-order valence-electron chi connectivity index (χ2n) is 4.73. The lowest BCUT2D eigenvalue weighted by Gasteiger charge is -2.27. The van der Waals surface area contributed by atoms with Gasteiger partial charge in [0, 0.05) is 23.8 Å². The van der Waals surface area contributed by atoms with Crippen molar-refractivity contribution in [2.45, 2.75) is 0 Å². The first-order valence-corrected chi connectivity index (χ1v) is 7.77. The average molecular weight is 381 g/mol. The van der Waals surface area contributed by atoms with Gasteiger partial charge in [-0.2, -0.15) is 10.1 Å². The molecule has 1 N–H and O–H groups in total. The number of rotatable bonds is 4. The first kappa shape index (κ1) is 15.8. The molecule has 1 aliphatic heterocycles. The van der Waals surface area contributed by atoms with Gasteiger partial charge < -0.3 is 9.64 Å². The summed E-state index contributed by atoms with van der Waals surface area (Å²) in [4.78, 5) is 14.0. The van der Waals surface area contributed by atoms with Crippen LogP contribution in [-0.4, -0.2) is 47.5 Å². The van der Waals surface area contributed by atoms with E-state index < -0.39 is 5.82 Å². The predicted octanol–water partition coefficient (Wildman–Crippen LogP) is 2.06. The van der Waals surface area contributed by atoms with E-state index in [1.807, 2.05) is 17.0 Å². The number of hydrogen-bond donors (Lipinski definition) is 1. The Kier molecular flexibility index (Phi) is 5.09. The molecule has 3 heterocycles. The Morgan fingerprint density at radius 3 is 2.96 bits per heavy atom. The molecular weight excluding hydrogens is 367 g/mol. The van der Waals surface area contributed by atoms with E-state index in [9.17, 15) is 4.39 Å². The highest BCUT2D eigenvalue weighted by Crippen LogP contribution is 2.18. The summed E-state index contributed by atoms with van der Waals surface area (Å²) in [7, 11) is 0. The summed E-state index contributed by atoms with van der Waals surface area (Å²) in [5.74, 6) is 0.0100. The molecule has 23 heavy (non-hydrogen) atoms. The molecule has 120 valence electrons. The number of pyridine rings is 1. The van der Waals surface area contributed by atoms with Crippen LogP contribution in [0.2, 0.25) is 0 Å². The van der Waals surface area contributed by atoms with Crippen molar-refractivity contribution in [1.82, 2.24) is 15.0 Å². The van der Waals surface area contributed by atoms with E-state index in [0.29, 0.717) is 32.0 Å². The second kappa shape index (κ2) is 7.42. The van der Waals surface area contributed by atoms with Gasteiger partial charge in [0.05, 0.1) is 31.3 Å². The van der Waals surface area contributed by atoms with Crippen molar-refractivity contribution in [1.29, 1.82) is 0 Å². The maximum absolute atomic E-state index is 13.9. The molecule has 1 aliphatic rings. The highest BCUT2D eigenvalue weighted by Gasteiger charge is 2.17. The van der Waals surface area contributed by atoms with Gasteiger partial charge in [0.25, 0.3) is 0 Å². The molecule has 0 aliphatic carbocycles. The minimum Gasteiger partial charge on any atom is -0.378 e. The van der Waals surface area contributed by atoms with Crippen LogP contribution < -0.4 is 10.3 Å². The number of nitrogens with zero attached hydrogens (tertiary/aromatic N) is 5. The number of ether oxygens (including phenoxy) is 1. The van der Waals surface area contributed by atoms with Crippen LogP contribution >= 0.6 is 15.9 Å². The first-order valence-electron chi connectivity index (χ1n) is 6.98. The molecule has 0 radical (unpaired) electrons. The summed E-state index contributed by atoms with van der Waals surface area (Å²) in [6.45, 7) is 2.30. The summed E-state index contributed by atoms with van der Waals surface area (Å²) in [6, 6.07) is 3.64. The highest BCUT2D eigenvalue weighted by molar-refractivity contribution is 9.10. The Morgan fingerprint density at radius 2 is 2.17 bits per heavy atom. The Hall–Kier alpha value is -2.13. The number of hydrazone groups is 1. The van der Waals surface area contributed by atoms with Gasteiger partial charge >= 0.3 is 0 Å². The molecule has 0 atom stereocenters. The minimum atomic E-state index is -0.463. The van der Waals surface area contributed by atoms with Crippen LogP contribution in [0.25, 0.3) is 0 Å². The van der Waals surface area contributed by atoms with Crippen molar-refractivity contribution in [3.63, 3.8) is 0 Å². The number of anilines is 2. The monoisotopic (exact) mass is 380 g/mol. The van der Waals surface area contributed by atoms with E-state index in [0.717, 1.165) is 10.7 Å². The van der Waals surface area contributed by atoms with Crippen LogP contribution in [0.1, 0.15) is 5.69 Å². The molecule has 1 saturated heterocycles. The molecule has 9 heteroatoms. The molecule has 2 aromatic heterocycles. The number of morpholine rings is 1. The fourth-order valence-electron chi connectivity index (χ4n) is 2.06. The highest BCUT2D eigenvalue weighted by atomic mass is 79.9. The van der Waals surface area contributed by atoms with Crippen molar-refractivity contribution in [3.05, 3.63) is 40.5 Å². The van der Waals surface area contributed by atoms with Gasteiger partial charge in [-0.25, -0.2) is 14.8 Å². The van der Waals surface area contributed by atoms with Gasteiger partial charge in [-0.05, 0) is 12.1 Å². The average Bonchev–Trinajstić information content (AvgIpc) is 2.57. The first-order chi connectivity index (χ1) is 11.2. The summed E-state index contributed by atoms with van der Waals surface area (Å²) in [5, 5.41) is 4.02. The molecule has 0 bridgehead atoms. The Labute approximate surface area is 140 Å². The van der Waals surface area contributed by atoms with Gasteiger partial charge in [-0.1, -0.05) is 15.9 Å². The number of hydrogen-bond acceptors (Lipinski definition) is 7. The van der Waals surface area contributed by atoms with Gasteiger partial charge in [0.15, 0.2) is 11.6 Å². The molecule has 3 rings (SSSR count). The van der Waals surface area contributed by atoms with Crippen LogP contribution in [0.15, 0.2) is 34.1 Å². The van der Waals surface area contributed by atoms with Crippen LogP contribution in [-0.2, 0) is 4.74 Å². The fraction of sp³-hybridized carbons (Fsp3) is 0.286. The topological polar surface area (TPSA) is 75.5 Å². The quantitative estimate of drug-likeness (QED) is 0.646. The zero-order chi connectivity index (χ0) is 16.1. The molecule has 2 aromatic rings. The second-order valence-corrected chi connectivity index (χ2v) is 5.65. The minimum absolute atomic E-state index is 0.221. The molecule has 0 saturated carbocycles. The van der Waals surface area contributed by atoms with Crippen molar-refractivity contribution < 1.29 is 9.13 Å². The van der Waals surface area contributed by atoms with E-state index in [-0.39, 0.29) is 11.8 Å². The van der Waals surface area contributed by atoms with Gasteiger partial charge in [0.1, 0.15) is 0 Å². The van der Waals surface area contributed by atoms with Gasteiger partial charge in [-0.15, -0.1) is 0 Å². The summed E-state index contributed by atoms with van der Waals surface area (Å²) >= 11 is 3.36. The smallest absolute Gasteiger partial charge is 0.245 e. The number of nitrogens with one attached hydrogen (secondary N) is 1. The summed E-state index contributed by atoms with van der Waals surface area (Å²) < 4.78 is 20.1. The molecule has 0 amide bonds. The molecule has 0 aromatic carbocycles. The van der Waals surface area contributed by atoms with Crippen LogP contribution in [0.4, 0.5) is 16.2 Å². The lowest BCUT2D eigenvalue weighted by atomic mass is 10.4. The summed E-state index contributed by atoms with van der Waals surface area (Å²) in [5.41, 5.74) is 3.36. The van der Waals surface area contributed by atoms with Crippen molar-refractivity contribution in [2.24, 2.45) is 5.10 Å². The normalized spacial score (nSPS) is 15.1. The van der Waals surface area contributed by atoms with Crippen LogP contribution in [0.3, 0.4) is 0 Å². The largest absolute Gasteiger partial charge is 0.378 e. The van der Waals surface area contributed by atoms with E-state index in [2.05, 4.69) is 41.4 Å². The standard InChI is InChI=1S/C14H14BrFN6O/c15-10-1-2-17-11(7-10)8-19-21-14-18-9-12(16)13(20-14)22-3-5-23-6-4-22/h1-2,7-9H,3-6H2,(H,18,20,21)/b19-8+.